The monoisotopic (exact) mass is 380 g/mol. The van der Waals surface area contributed by atoms with Crippen LogP contribution < -0.4 is 5.32 Å². The lowest BCUT2D eigenvalue weighted by Crippen LogP contribution is -2.30. The Bertz CT molecular complexity index is 886. The number of sulfonamides is 1. The molecule has 0 aliphatic carbocycles. The number of rotatable bonds is 8. The van der Waals surface area contributed by atoms with Crippen molar-refractivity contribution in [3.8, 4) is 0 Å². The number of aliphatic carboxylic acids is 1. The molecule has 9 nitrogen and oxygen atoms in total. The molecule has 26 heavy (non-hydrogen) atoms. The second kappa shape index (κ2) is 8.11. The molecule has 1 amide bonds. The normalized spacial score (nSPS) is 11.5. The minimum Gasteiger partial charge on any atom is -0.480 e. The quantitative estimate of drug-likeness (QED) is 0.711. The first-order chi connectivity index (χ1) is 12.3. The van der Waals surface area contributed by atoms with Crippen LogP contribution >= 0.6 is 0 Å². The fourth-order valence-corrected chi connectivity index (χ4v) is 3.79. The van der Waals surface area contributed by atoms with Crippen LogP contribution in [0.2, 0.25) is 0 Å². The lowest BCUT2D eigenvalue weighted by Gasteiger charge is -2.18. The number of hydrogen-bond donors (Lipinski definition) is 2. The Morgan fingerprint density at radius 3 is 2.31 bits per heavy atom. The molecule has 0 fully saturated rings. The summed E-state index contributed by atoms with van der Waals surface area (Å²) >= 11 is 0. The summed E-state index contributed by atoms with van der Waals surface area (Å²) in [6.07, 6.45) is 1.43. The van der Waals surface area contributed by atoms with Crippen LogP contribution in [-0.2, 0) is 21.4 Å². The molecule has 0 saturated heterocycles. The zero-order chi connectivity index (χ0) is 19.3. The highest BCUT2D eigenvalue weighted by molar-refractivity contribution is 7.89. The maximum absolute atomic E-state index is 12.4. The van der Waals surface area contributed by atoms with E-state index in [1.807, 2.05) is 0 Å². The molecule has 140 valence electrons. The van der Waals surface area contributed by atoms with Crippen LogP contribution in [0.4, 0.5) is 5.82 Å². The average molecular weight is 380 g/mol. The summed E-state index contributed by atoms with van der Waals surface area (Å²) in [5.74, 6) is -1.32. The fraction of sp³-hybridized carbons (Fsp3) is 0.312. The Labute approximate surface area is 151 Å². The zero-order valence-electron chi connectivity index (χ0n) is 14.4. The van der Waals surface area contributed by atoms with Gasteiger partial charge in [-0.1, -0.05) is 13.8 Å². The number of nitrogens with one attached hydrogen (secondary N) is 1. The van der Waals surface area contributed by atoms with E-state index in [0.29, 0.717) is 13.1 Å². The van der Waals surface area contributed by atoms with Crippen LogP contribution in [0, 0.1) is 0 Å². The summed E-state index contributed by atoms with van der Waals surface area (Å²) in [5, 5.41) is 15.2. The summed E-state index contributed by atoms with van der Waals surface area (Å²) in [4.78, 5) is 23.0. The van der Waals surface area contributed by atoms with Crippen LogP contribution in [0.3, 0.4) is 0 Å². The zero-order valence-corrected chi connectivity index (χ0v) is 15.2. The molecule has 0 aliphatic rings. The van der Waals surface area contributed by atoms with E-state index in [1.165, 1.54) is 45.5 Å². The Morgan fingerprint density at radius 1 is 1.15 bits per heavy atom. The van der Waals surface area contributed by atoms with Crippen molar-refractivity contribution in [1.29, 1.82) is 0 Å². The Balaban J connectivity index is 2.11. The molecular formula is C16H20N4O5S. The fourth-order valence-electron chi connectivity index (χ4n) is 2.33. The number of amides is 1. The second-order valence-corrected chi connectivity index (χ2v) is 7.30. The van der Waals surface area contributed by atoms with Gasteiger partial charge in [0.15, 0.2) is 5.82 Å². The van der Waals surface area contributed by atoms with Crippen LogP contribution in [0.15, 0.2) is 41.4 Å². The number of carboxylic acids is 1. The number of benzene rings is 1. The number of aromatic nitrogens is 2. The number of hydrogen-bond acceptors (Lipinski definition) is 5. The van der Waals surface area contributed by atoms with Crippen molar-refractivity contribution in [3.05, 3.63) is 42.1 Å². The van der Waals surface area contributed by atoms with Crippen molar-refractivity contribution in [2.75, 3.05) is 18.4 Å². The first-order valence-corrected chi connectivity index (χ1v) is 9.38. The van der Waals surface area contributed by atoms with Gasteiger partial charge in [-0.15, -0.1) is 0 Å². The van der Waals surface area contributed by atoms with Gasteiger partial charge in [-0.05, 0) is 24.3 Å². The van der Waals surface area contributed by atoms with Crippen LogP contribution in [-0.4, -0.2) is 52.6 Å². The highest BCUT2D eigenvalue weighted by atomic mass is 32.2. The summed E-state index contributed by atoms with van der Waals surface area (Å²) in [5.41, 5.74) is 0.260. The number of carboxylic acid groups (broad SMARTS) is 1. The minimum atomic E-state index is -3.58. The van der Waals surface area contributed by atoms with Crippen molar-refractivity contribution in [1.82, 2.24) is 14.1 Å². The average Bonchev–Trinajstić information content (AvgIpc) is 3.02. The first kappa shape index (κ1) is 19.6. The van der Waals surface area contributed by atoms with Gasteiger partial charge in [-0.3, -0.25) is 14.3 Å². The molecule has 0 bridgehead atoms. The summed E-state index contributed by atoms with van der Waals surface area (Å²) in [7, 11) is -3.58. The number of carbonyl (C=O) groups is 2. The van der Waals surface area contributed by atoms with Crippen LogP contribution in [0.25, 0.3) is 0 Å². The third kappa shape index (κ3) is 4.46. The smallest absolute Gasteiger partial charge is 0.325 e. The summed E-state index contributed by atoms with van der Waals surface area (Å²) in [6.45, 7) is 3.92. The standard InChI is InChI=1S/C16H20N4O5S/c1-3-20(4-2)26(24,25)13-7-5-12(6-8-13)16(23)17-14-9-10-19(18-14)11-15(21)22/h5-10H,3-4,11H2,1-2H3,(H,21,22)(H,17,18,23). The highest BCUT2D eigenvalue weighted by Gasteiger charge is 2.21. The second-order valence-electron chi connectivity index (χ2n) is 5.36. The maximum atomic E-state index is 12.4. The molecule has 10 heteroatoms. The predicted octanol–water partition coefficient (Wildman–Crippen LogP) is 1.25. The van der Waals surface area contributed by atoms with E-state index in [2.05, 4.69) is 10.4 Å². The van der Waals surface area contributed by atoms with E-state index >= 15 is 0 Å². The van der Waals surface area contributed by atoms with Gasteiger partial charge in [0.05, 0.1) is 4.90 Å². The summed E-state index contributed by atoms with van der Waals surface area (Å²) < 4.78 is 27.4. The molecule has 0 radical (unpaired) electrons. The van der Waals surface area contributed by atoms with Gasteiger partial charge in [0.2, 0.25) is 10.0 Å². The van der Waals surface area contributed by atoms with Gasteiger partial charge < -0.3 is 10.4 Å². The van der Waals surface area contributed by atoms with Crippen molar-refractivity contribution in [2.24, 2.45) is 0 Å². The van der Waals surface area contributed by atoms with Gasteiger partial charge in [0, 0.05) is 30.9 Å². The number of nitrogens with zero attached hydrogens (tertiary/aromatic N) is 3. The van der Waals surface area contributed by atoms with E-state index in [1.54, 1.807) is 13.8 Å². The largest absolute Gasteiger partial charge is 0.480 e. The Hall–Kier alpha value is -2.72. The van der Waals surface area contributed by atoms with E-state index in [9.17, 15) is 18.0 Å². The van der Waals surface area contributed by atoms with E-state index < -0.39 is 21.9 Å². The van der Waals surface area contributed by atoms with Crippen LogP contribution in [0.5, 0.6) is 0 Å². The topological polar surface area (TPSA) is 122 Å². The van der Waals surface area contributed by atoms with Crippen molar-refractivity contribution >= 4 is 27.7 Å². The van der Waals surface area contributed by atoms with Crippen LogP contribution in [0.1, 0.15) is 24.2 Å². The molecule has 1 aromatic carbocycles. The molecule has 0 saturated carbocycles. The molecule has 0 aliphatic heterocycles. The SMILES string of the molecule is CCN(CC)S(=O)(=O)c1ccc(C(=O)Nc2ccn(CC(=O)O)n2)cc1. The van der Waals surface area contributed by atoms with Crippen molar-refractivity contribution < 1.29 is 23.1 Å². The lowest BCUT2D eigenvalue weighted by atomic mass is 10.2. The molecule has 2 rings (SSSR count). The summed E-state index contributed by atoms with van der Waals surface area (Å²) in [6, 6.07) is 7.07. The van der Waals surface area contributed by atoms with E-state index in [0.717, 1.165) is 0 Å². The number of carbonyl (C=O) groups excluding carboxylic acids is 1. The number of anilines is 1. The van der Waals surface area contributed by atoms with Gasteiger partial charge in [0.1, 0.15) is 6.54 Å². The molecule has 1 heterocycles. The highest BCUT2D eigenvalue weighted by Crippen LogP contribution is 2.17. The molecule has 2 N–H and O–H groups in total. The van der Waals surface area contributed by atoms with Crippen molar-refractivity contribution in [3.63, 3.8) is 0 Å². The third-order valence-electron chi connectivity index (χ3n) is 3.64. The van der Waals surface area contributed by atoms with Crippen molar-refractivity contribution in [2.45, 2.75) is 25.3 Å². The Morgan fingerprint density at radius 2 is 1.77 bits per heavy atom. The minimum absolute atomic E-state index is 0.114. The molecule has 2 aromatic rings. The molecular weight excluding hydrogens is 360 g/mol. The van der Waals surface area contributed by atoms with E-state index in [-0.39, 0.29) is 22.8 Å². The van der Waals surface area contributed by atoms with Gasteiger partial charge in [-0.25, -0.2) is 8.42 Å². The molecule has 0 unspecified atom stereocenters. The third-order valence-corrected chi connectivity index (χ3v) is 5.70. The predicted molar refractivity (Wildman–Crippen MR) is 94.4 cm³/mol. The van der Waals surface area contributed by atoms with Gasteiger partial charge in [0.25, 0.3) is 5.91 Å². The van der Waals surface area contributed by atoms with Gasteiger partial charge in [-0.2, -0.15) is 9.40 Å². The molecule has 0 spiro atoms. The van der Waals surface area contributed by atoms with Gasteiger partial charge >= 0.3 is 5.97 Å². The molecule has 0 atom stereocenters. The lowest BCUT2D eigenvalue weighted by molar-refractivity contribution is -0.137. The maximum Gasteiger partial charge on any atom is 0.325 e. The van der Waals surface area contributed by atoms with E-state index in [4.69, 9.17) is 5.11 Å². The first-order valence-electron chi connectivity index (χ1n) is 7.94. The Kier molecular flexibility index (Phi) is 6.11. The molecule has 1 aromatic heterocycles.